The molecule has 6 nitrogen and oxygen atoms in total. The Labute approximate surface area is 145 Å². The van der Waals surface area contributed by atoms with Gasteiger partial charge in [-0.25, -0.2) is 0 Å². The van der Waals surface area contributed by atoms with Crippen molar-refractivity contribution in [1.29, 1.82) is 0 Å². The molecule has 0 heterocycles. The summed E-state index contributed by atoms with van der Waals surface area (Å²) in [6.45, 7) is 0.347. The summed E-state index contributed by atoms with van der Waals surface area (Å²) in [5.41, 5.74) is 1.16. The minimum atomic E-state index is -4.20. The Balaban J connectivity index is 1.97. The molecule has 0 radical (unpaired) electrons. The van der Waals surface area contributed by atoms with E-state index in [2.05, 4.69) is 5.32 Å². The number of carbonyl (C=O) groups excluding carboxylic acids is 1. The monoisotopic (exact) mass is 369 g/mol. The molecule has 0 unspecified atom stereocenters. The first-order chi connectivity index (χ1) is 11.3. The van der Waals surface area contributed by atoms with Crippen molar-refractivity contribution in [3.05, 3.63) is 58.6 Å². The van der Waals surface area contributed by atoms with E-state index in [0.29, 0.717) is 29.3 Å². The average Bonchev–Trinajstić information content (AvgIpc) is 2.54. The Hall–Kier alpha value is -2.09. The van der Waals surface area contributed by atoms with Crippen LogP contribution in [0.4, 0.5) is 0 Å². The Morgan fingerprint density at radius 3 is 2.46 bits per heavy atom. The molecule has 0 atom stereocenters. The standard InChI is InChI=1S/C16H16ClNO5S/c1-23-15-7-4-12(17)10-14(15)16(19)18-9-8-11-2-5-13(6-3-11)24(20,21)22/h2-7,10H,8-9H2,1H3,(H,18,19)(H,20,21,22). The molecular weight excluding hydrogens is 354 g/mol. The summed E-state index contributed by atoms with van der Waals surface area (Å²) in [6.07, 6.45) is 0.500. The lowest BCUT2D eigenvalue weighted by Crippen LogP contribution is -2.26. The third-order valence-corrected chi connectivity index (χ3v) is 4.43. The van der Waals surface area contributed by atoms with Crippen molar-refractivity contribution < 1.29 is 22.5 Å². The van der Waals surface area contributed by atoms with Gasteiger partial charge in [0.2, 0.25) is 0 Å². The lowest BCUT2D eigenvalue weighted by atomic mass is 10.1. The zero-order valence-corrected chi connectivity index (χ0v) is 14.4. The number of hydrogen-bond acceptors (Lipinski definition) is 4. The van der Waals surface area contributed by atoms with Crippen molar-refractivity contribution in [2.45, 2.75) is 11.3 Å². The summed E-state index contributed by atoms with van der Waals surface area (Å²) < 4.78 is 36.0. The second-order valence-corrected chi connectivity index (χ2v) is 6.83. The summed E-state index contributed by atoms with van der Waals surface area (Å²) in [5.74, 6) is 0.110. The SMILES string of the molecule is COc1ccc(Cl)cc1C(=O)NCCc1ccc(S(=O)(=O)O)cc1. The summed E-state index contributed by atoms with van der Waals surface area (Å²) >= 11 is 5.89. The minimum absolute atomic E-state index is 0.168. The van der Waals surface area contributed by atoms with Crippen molar-refractivity contribution >= 4 is 27.6 Å². The van der Waals surface area contributed by atoms with E-state index in [1.165, 1.54) is 25.3 Å². The van der Waals surface area contributed by atoms with Crippen LogP contribution in [0, 0.1) is 0 Å². The number of nitrogens with one attached hydrogen (secondary N) is 1. The summed E-state index contributed by atoms with van der Waals surface area (Å²) in [4.78, 5) is 12.0. The molecule has 0 aliphatic carbocycles. The van der Waals surface area contributed by atoms with E-state index in [1.807, 2.05) is 0 Å². The van der Waals surface area contributed by atoms with Crippen molar-refractivity contribution in [3.63, 3.8) is 0 Å². The minimum Gasteiger partial charge on any atom is -0.496 e. The number of rotatable bonds is 6. The van der Waals surface area contributed by atoms with E-state index < -0.39 is 10.1 Å². The fourth-order valence-electron chi connectivity index (χ4n) is 2.10. The molecule has 2 rings (SSSR count). The largest absolute Gasteiger partial charge is 0.496 e. The molecule has 128 valence electrons. The number of amides is 1. The molecule has 8 heteroatoms. The first kappa shape index (κ1) is 18.3. The molecule has 0 fully saturated rings. The van der Waals surface area contributed by atoms with Gasteiger partial charge in [0, 0.05) is 11.6 Å². The third-order valence-electron chi connectivity index (χ3n) is 3.33. The van der Waals surface area contributed by atoms with Gasteiger partial charge in [-0.2, -0.15) is 8.42 Å². The van der Waals surface area contributed by atoms with Gasteiger partial charge in [-0.1, -0.05) is 23.7 Å². The smallest absolute Gasteiger partial charge is 0.294 e. The van der Waals surface area contributed by atoms with E-state index in [0.717, 1.165) is 5.56 Å². The van der Waals surface area contributed by atoms with E-state index in [9.17, 15) is 13.2 Å². The normalized spacial score (nSPS) is 11.1. The molecule has 0 saturated carbocycles. The van der Waals surface area contributed by atoms with Gasteiger partial charge in [-0.05, 0) is 42.3 Å². The van der Waals surface area contributed by atoms with Crippen molar-refractivity contribution in [3.8, 4) is 5.75 Å². The third kappa shape index (κ3) is 4.70. The molecule has 0 aliphatic heterocycles. The molecule has 0 bridgehead atoms. The first-order valence-corrected chi connectivity index (χ1v) is 8.81. The fraction of sp³-hybridized carbons (Fsp3) is 0.188. The number of carbonyl (C=O) groups is 1. The fourth-order valence-corrected chi connectivity index (χ4v) is 2.75. The maximum Gasteiger partial charge on any atom is 0.294 e. The van der Waals surface area contributed by atoms with Crippen LogP contribution in [0.1, 0.15) is 15.9 Å². The van der Waals surface area contributed by atoms with E-state index >= 15 is 0 Å². The zero-order chi connectivity index (χ0) is 17.7. The Bertz CT molecular complexity index is 834. The molecule has 24 heavy (non-hydrogen) atoms. The predicted molar refractivity (Wildman–Crippen MR) is 90.3 cm³/mol. The molecule has 2 N–H and O–H groups in total. The molecule has 2 aromatic rings. The number of ether oxygens (including phenoxy) is 1. The molecule has 2 aromatic carbocycles. The van der Waals surface area contributed by atoms with Crippen LogP contribution >= 0.6 is 11.6 Å². The van der Waals surface area contributed by atoms with Crippen LogP contribution in [0.15, 0.2) is 47.4 Å². The lowest BCUT2D eigenvalue weighted by molar-refractivity contribution is 0.0951. The Morgan fingerprint density at radius 1 is 1.21 bits per heavy atom. The topological polar surface area (TPSA) is 92.7 Å². The predicted octanol–water partition coefficient (Wildman–Crippen LogP) is 2.57. The maximum absolute atomic E-state index is 12.2. The van der Waals surface area contributed by atoms with Crippen LogP contribution in [-0.4, -0.2) is 32.5 Å². The molecule has 0 aliphatic rings. The van der Waals surface area contributed by atoms with Gasteiger partial charge >= 0.3 is 0 Å². The van der Waals surface area contributed by atoms with Crippen LogP contribution in [-0.2, 0) is 16.5 Å². The average molecular weight is 370 g/mol. The maximum atomic E-state index is 12.2. The number of hydrogen-bond donors (Lipinski definition) is 2. The van der Waals surface area contributed by atoms with Crippen LogP contribution in [0.25, 0.3) is 0 Å². The van der Waals surface area contributed by atoms with Gasteiger partial charge in [-0.3, -0.25) is 9.35 Å². The van der Waals surface area contributed by atoms with Gasteiger partial charge in [0.1, 0.15) is 5.75 Å². The van der Waals surface area contributed by atoms with Crippen molar-refractivity contribution in [2.24, 2.45) is 0 Å². The lowest BCUT2D eigenvalue weighted by Gasteiger charge is -2.10. The number of methoxy groups -OCH3 is 1. The van der Waals surface area contributed by atoms with Gasteiger partial charge in [0.05, 0.1) is 17.6 Å². The van der Waals surface area contributed by atoms with E-state index in [-0.39, 0.29) is 10.8 Å². The number of halogens is 1. The quantitative estimate of drug-likeness (QED) is 0.763. The summed E-state index contributed by atoms with van der Waals surface area (Å²) in [7, 11) is -2.73. The molecule has 0 aromatic heterocycles. The summed E-state index contributed by atoms with van der Waals surface area (Å²) in [5, 5.41) is 3.18. The molecule has 0 spiro atoms. The van der Waals surface area contributed by atoms with Crippen molar-refractivity contribution in [2.75, 3.05) is 13.7 Å². The van der Waals surface area contributed by atoms with Gasteiger partial charge < -0.3 is 10.1 Å². The van der Waals surface area contributed by atoms with Gasteiger partial charge in [-0.15, -0.1) is 0 Å². The van der Waals surface area contributed by atoms with E-state index in [4.69, 9.17) is 20.9 Å². The van der Waals surface area contributed by atoms with Gasteiger partial charge in [0.25, 0.3) is 16.0 Å². The highest BCUT2D eigenvalue weighted by Crippen LogP contribution is 2.22. The van der Waals surface area contributed by atoms with Crippen molar-refractivity contribution in [1.82, 2.24) is 5.32 Å². The first-order valence-electron chi connectivity index (χ1n) is 6.99. The molecule has 0 saturated heterocycles. The molecular formula is C16H16ClNO5S. The highest BCUT2D eigenvalue weighted by molar-refractivity contribution is 7.85. The highest BCUT2D eigenvalue weighted by atomic mass is 35.5. The van der Waals surface area contributed by atoms with Crippen LogP contribution in [0.5, 0.6) is 5.75 Å². The zero-order valence-electron chi connectivity index (χ0n) is 12.8. The van der Waals surface area contributed by atoms with Gasteiger partial charge in [0.15, 0.2) is 0 Å². The number of benzene rings is 2. The van der Waals surface area contributed by atoms with E-state index in [1.54, 1.807) is 24.3 Å². The second kappa shape index (κ2) is 7.65. The highest BCUT2D eigenvalue weighted by Gasteiger charge is 2.13. The molecule has 1 amide bonds. The van der Waals surface area contributed by atoms with Crippen LogP contribution in [0.2, 0.25) is 5.02 Å². The van der Waals surface area contributed by atoms with Crippen LogP contribution < -0.4 is 10.1 Å². The Morgan fingerprint density at radius 2 is 1.88 bits per heavy atom. The summed E-state index contributed by atoms with van der Waals surface area (Å²) in [6, 6.07) is 10.6. The second-order valence-electron chi connectivity index (χ2n) is 4.97. The Kier molecular flexibility index (Phi) is 5.82. The van der Waals surface area contributed by atoms with Crippen LogP contribution in [0.3, 0.4) is 0 Å².